The molecule has 5 nitrogen and oxygen atoms in total. The van der Waals surface area contributed by atoms with Gasteiger partial charge in [-0.15, -0.1) is 11.3 Å². The van der Waals surface area contributed by atoms with Gasteiger partial charge in [-0.05, 0) is 101 Å². The highest BCUT2D eigenvalue weighted by Gasteiger charge is 2.31. The molecular formula is C21H19FI2N2O3S. The van der Waals surface area contributed by atoms with Crippen LogP contribution in [0, 0.1) is 13.0 Å². The molecule has 3 aromatic rings. The first-order valence-electron chi connectivity index (χ1n) is 9.01. The lowest BCUT2D eigenvalue weighted by atomic mass is 10.1. The Morgan fingerprint density at radius 2 is 1.83 bits per heavy atom. The van der Waals surface area contributed by atoms with E-state index in [-0.39, 0.29) is 11.7 Å². The summed E-state index contributed by atoms with van der Waals surface area (Å²) in [6, 6.07) is 11.6. The first-order valence-corrected chi connectivity index (χ1v) is 12.0. The van der Waals surface area contributed by atoms with E-state index < -0.39 is 5.60 Å². The molecule has 1 amide bonds. The molecule has 0 bridgehead atoms. The van der Waals surface area contributed by atoms with E-state index in [9.17, 15) is 9.18 Å². The molecule has 0 radical (unpaired) electrons. The number of nitrogens with one attached hydrogen (secondary N) is 1. The van der Waals surface area contributed by atoms with Gasteiger partial charge in [0.05, 0.1) is 12.3 Å². The summed E-state index contributed by atoms with van der Waals surface area (Å²) in [5, 5.41) is 5.20. The van der Waals surface area contributed by atoms with Gasteiger partial charge in [0.2, 0.25) is 0 Å². The number of nitrogens with zero attached hydrogens (tertiary/aromatic N) is 1. The van der Waals surface area contributed by atoms with Crippen LogP contribution in [0.15, 0.2) is 47.8 Å². The van der Waals surface area contributed by atoms with Gasteiger partial charge in [0.1, 0.15) is 17.3 Å². The Labute approximate surface area is 205 Å². The Morgan fingerprint density at radius 3 is 2.53 bits per heavy atom. The Morgan fingerprint density at radius 1 is 1.13 bits per heavy atom. The van der Waals surface area contributed by atoms with Crippen molar-refractivity contribution in [3.05, 3.63) is 66.5 Å². The van der Waals surface area contributed by atoms with Crippen LogP contribution < -0.4 is 14.8 Å². The average molecular weight is 652 g/mol. The molecule has 0 spiro atoms. The molecule has 0 fully saturated rings. The second-order valence-corrected chi connectivity index (χ2v) is 10.0. The van der Waals surface area contributed by atoms with E-state index in [4.69, 9.17) is 9.47 Å². The van der Waals surface area contributed by atoms with Crippen molar-refractivity contribution in [3.8, 4) is 11.5 Å². The minimum absolute atomic E-state index is 0.278. The maximum atomic E-state index is 12.9. The van der Waals surface area contributed by atoms with Crippen LogP contribution in [0.25, 0.3) is 0 Å². The van der Waals surface area contributed by atoms with Crippen LogP contribution in [0.4, 0.5) is 9.52 Å². The van der Waals surface area contributed by atoms with E-state index >= 15 is 0 Å². The number of rotatable bonds is 8. The molecule has 0 saturated carbocycles. The van der Waals surface area contributed by atoms with Crippen molar-refractivity contribution in [3.63, 3.8) is 0 Å². The zero-order chi connectivity index (χ0) is 21.7. The normalized spacial score (nSPS) is 11.2. The molecule has 1 aromatic heterocycles. The first-order chi connectivity index (χ1) is 14.2. The zero-order valence-corrected chi connectivity index (χ0v) is 21.4. The average Bonchev–Trinajstić information content (AvgIpc) is 3.13. The fourth-order valence-electron chi connectivity index (χ4n) is 2.41. The molecule has 0 unspecified atom stereocenters. The third-order valence-corrected chi connectivity index (χ3v) is 7.70. The van der Waals surface area contributed by atoms with E-state index in [1.807, 2.05) is 23.6 Å². The Bertz CT molecular complexity index is 1030. The SMILES string of the molecule is CC(C)(Oc1ccc(I)c(I)c1)C(=O)Nc1nc(CCOc2ccc(F)cc2)cs1. The molecule has 1 N–H and O–H groups in total. The summed E-state index contributed by atoms with van der Waals surface area (Å²) in [5.74, 6) is 0.660. The standard InChI is InChI=1S/C21H19FI2N2O3S/c1-21(2,29-16-7-8-17(23)18(24)11-16)19(27)26-20-25-14(12-30-20)9-10-28-15-5-3-13(22)4-6-15/h3-8,11-12H,9-10H2,1-2H3,(H,25,26,27). The van der Waals surface area contributed by atoms with Gasteiger partial charge in [-0.3, -0.25) is 10.1 Å². The number of ether oxygens (including phenoxy) is 2. The van der Waals surface area contributed by atoms with Gasteiger partial charge in [0.25, 0.3) is 5.91 Å². The van der Waals surface area contributed by atoms with Gasteiger partial charge < -0.3 is 9.47 Å². The van der Waals surface area contributed by atoms with Crippen molar-refractivity contribution < 1.29 is 18.7 Å². The molecule has 0 aliphatic rings. The molecule has 3 rings (SSSR count). The molecule has 30 heavy (non-hydrogen) atoms. The van der Waals surface area contributed by atoms with E-state index in [1.54, 1.807) is 26.0 Å². The molecule has 1 heterocycles. The number of hydrogen-bond acceptors (Lipinski definition) is 5. The third kappa shape index (κ3) is 6.51. The smallest absolute Gasteiger partial charge is 0.269 e. The predicted octanol–water partition coefficient (Wildman–Crippen LogP) is 5.91. The quantitative estimate of drug-likeness (QED) is 0.308. The van der Waals surface area contributed by atoms with Crippen LogP contribution in [-0.4, -0.2) is 23.1 Å². The summed E-state index contributed by atoms with van der Waals surface area (Å²) in [6.45, 7) is 3.85. The highest BCUT2D eigenvalue weighted by molar-refractivity contribution is 14.1. The highest BCUT2D eigenvalue weighted by atomic mass is 127. The third-order valence-electron chi connectivity index (χ3n) is 4.02. The van der Waals surface area contributed by atoms with Crippen LogP contribution in [0.5, 0.6) is 11.5 Å². The topological polar surface area (TPSA) is 60.5 Å². The van der Waals surface area contributed by atoms with Gasteiger partial charge in [0.15, 0.2) is 10.7 Å². The van der Waals surface area contributed by atoms with Gasteiger partial charge in [0, 0.05) is 18.9 Å². The summed E-state index contributed by atoms with van der Waals surface area (Å²) in [4.78, 5) is 17.1. The second-order valence-electron chi connectivity index (χ2n) is 6.84. The molecule has 9 heteroatoms. The van der Waals surface area contributed by atoms with E-state index in [2.05, 4.69) is 55.5 Å². The van der Waals surface area contributed by atoms with Gasteiger partial charge in [-0.2, -0.15) is 0 Å². The van der Waals surface area contributed by atoms with Crippen molar-refractivity contribution in [2.24, 2.45) is 0 Å². The number of aromatic nitrogens is 1. The summed E-state index contributed by atoms with van der Waals surface area (Å²) in [6.07, 6.45) is 0.574. The van der Waals surface area contributed by atoms with E-state index in [0.717, 1.165) is 12.8 Å². The summed E-state index contributed by atoms with van der Waals surface area (Å²) in [7, 11) is 0. The summed E-state index contributed by atoms with van der Waals surface area (Å²) >= 11 is 5.83. The monoisotopic (exact) mass is 652 g/mol. The number of anilines is 1. The number of carbonyl (C=O) groups excluding carboxylic acids is 1. The van der Waals surface area contributed by atoms with E-state index in [1.165, 1.54) is 23.5 Å². The number of thiazole rings is 1. The van der Waals surface area contributed by atoms with Crippen LogP contribution in [0.3, 0.4) is 0 Å². The minimum Gasteiger partial charge on any atom is -0.493 e. The summed E-state index contributed by atoms with van der Waals surface area (Å²) in [5.41, 5.74) is -0.253. The Hall–Kier alpha value is -1.47. The number of hydrogen-bond donors (Lipinski definition) is 1. The van der Waals surface area contributed by atoms with Gasteiger partial charge >= 0.3 is 0 Å². The van der Waals surface area contributed by atoms with Gasteiger partial charge in [-0.25, -0.2) is 9.37 Å². The van der Waals surface area contributed by atoms with Gasteiger partial charge in [-0.1, -0.05) is 0 Å². The molecular weight excluding hydrogens is 633 g/mol. The number of carbonyl (C=O) groups is 1. The van der Waals surface area contributed by atoms with Crippen molar-refractivity contribution in [2.75, 3.05) is 11.9 Å². The van der Waals surface area contributed by atoms with Crippen LogP contribution in [0.2, 0.25) is 0 Å². The molecule has 2 aromatic carbocycles. The number of halogens is 3. The zero-order valence-electron chi connectivity index (χ0n) is 16.2. The second kappa shape index (κ2) is 10.2. The lowest BCUT2D eigenvalue weighted by Gasteiger charge is -2.25. The maximum absolute atomic E-state index is 12.9. The first kappa shape index (κ1) is 23.2. The molecule has 0 saturated heterocycles. The predicted molar refractivity (Wildman–Crippen MR) is 133 cm³/mol. The minimum atomic E-state index is -1.06. The Balaban J connectivity index is 1.52. The van der Waals surface area contributed by atoms with E-state index in [0.29, 0.717) is 29.7 Å². The van der Waals surface area contributed by atoms with Crippen molar-refractivity contribution in [2.45, 2.75) is 25.9 Å². The summed E-state index contributed by atoms with van der Waals surface area (Å²) < 4.78 is 26.6. The highest BCUT2D eigenvalue weighted by Crippen LogP contribution is 2.26. The molecule has 0 atom stereocenters. The Kier molecular flexibility index (Phi) is 7.91. The lowest BCUT2D eigenvalue weighted by Crippen LogP contribution is -2.42. The van der Waals surface area contributed by atoms with Crippen LogP contribution in [0.1, 0.15) is 19.5 Å². The van der Waals surface area contributed by atoms with Crippen LogP contribution >= 0.6 is 56.5 Å². The number of benzene rings is 2. The lowest BCUT2D eigenvalue weighted by molar-refractivity contribution is -0.128. The van der Waals surface area contributed by atoms with Crippen molar-refractivity contribution >= 4 is 67.6 Å². The molecule has 158 valence electrons. The molecule has 0 aliphatic carbocycles. The fraction of sp³-hybridized carbons (Fsp3) is 0.238. The fourth-order valence-corrected chi connectivity index (χ4v) is 3.97. The van der Waals surface area contributed by atoms with Crippen molar-refractivity contribution in [1.29, 1.82) is 0 Å². The van der Waals surface area contributed by atoms with Crippen molar-refractivity contribution in [1.82, 2.24) is 4.98 Å². The van der Waals surface area contributed by atoms with Crippen LogP contribution in [-0.2, 0) is 11.2 Å². The largest absolute Gasteiger partial charge is 0.493 e. The number of amides is 1. The maximum Gasteiger partial charge on any atom is 0.269 e. The molecule has 0 aliphatic heterocycles.